The third-order valence-electron chi connectivity index (χ3n) is 4.05. The van der Waals surface area contributed by atoms with Crippen LogP contribution in [0.2, 0.25) is 0 Å². The van der Waals surface area contributed by atoms with Crippen LogP contribution in [-0.4, -0.2) is 8.78 Å². The minimum Gasteiger partial charge on any atom is -0.336 e. The Labute approximate surface area is 126 Å². The summed E-state index contributed by atoms with van der Waals surface area (Å²) in [6, 6.07) is 16.4. The topological polar surface area (TPSA) is 22.0 Å². The van der Waals surface area contributed by atoms with Gasteiger partial charge in [0.2, 0.25) is 0 Å². The van der Waals surface area contributed by atoms with E-state index in [-0.39, 0.29) is 0 Å². The molecule has 2 heterocycles. The van der Waals surface area contributed by atoms with E-state index in [1.807, 2.05) is 30.3 Å². The first kappa shape index (κ1) is 12.6. The first-order valence-electron chi connectivity index (χ1n) is 7.00. The van der Waals surface area contributed by atoms with Crippen LogP contribution in [0.5, 0.6) is 0 Å². The van der Waals surface area contributed by atoms with Crippen LogP contribution in [0.15, 0.2) is 66.1 Å². The monoisotopic (exact) mass is 293 g/mol. The second kappa shape index (κ2) is 4.71. The molecule has 3 heteroatoms. The number of fused-ring (bicyclic) bond motifs is 5. The molecule has 1 aliphatic heterocycles. The Hall–Kier alpha value is -2.13. The van der Waals surface area contributed by atoms with Crippen LogP contribution >= 0.6 is 0 Å². The van der Waals surface area contributed by atoms with Crippen molar-refractivity contribution in [1.29, 1.82) is 0 Å². The highest BCUT2D eigenvalue weighted by atomic mass is 32.2. The van der Waals surface area contributed by atoms with Crippen LogP contribution in [0.3, 0.4) is 0 Å². The average Bonchev–Trinajstić information content (AvgIpc) is 2.83. The lowest BCUT2D eigenvalue weighted by Crippen LogP contribution is -2.09. The summed E-state index contributed by atoms with van der Waals surface area (Å²) in [5, 5.41) is 1.21. The van der Waals surface area contributed by atoms with Crippen molar-refractivity contribution >= 4 is 21.7 Å². The zero-order valence-electron chi connectivity index (χ0n) is 11.6. The molecule has 0 bridgehead atoms. The third-order valence-corrected chi connectivity index (χ3v) is 5.45. The molecule has 0 fully saturated rings. The van der Waals surface area contributed by atoms with Crippen molar-refractivity contribution < 1.29 is 4.21 Å². The predicted octanol–water partition coefficient (Wildman–Crippen LogP) is 4.12. The molecule has 4 rings (SSSR count). The fourth-order valence-corrected chi connectivity index (χ4v) is 4.57. The molecule has 3 aromatic rings. The molecule has 2 aromatic carbocycles. The van der Waals surface area contributed by atoms with E-state index in [1.54, 1.807) is 0 Å². The fourth-order valence-electron chi connectivity index (χ4n) is 3.22. The van der Waals surface area contributed by atoms with Crippen LogP contribution in [0.4, 0.5) is 0 Å². The molecule has 0 amide bonds. The summed E-state index contributed by atoms with van der Waals surface area (Å²) in [6.07, 6.45) is 1.92. The number of hydrogen-bond donors (Lipinski definition) is 0. The summed E-state index contributed by atoms with van der Waals surface area (Å²) in [7, 11) is -0.962. The molecule has 1 aliphatic rings. The predicted molar refractivity (Wildman–Crippen MR) is 87.7 cm³/mol. The van der Waals surface area contributed by atoms with Crippen LogP contribution in [0.25, 0.3) is 22.2 Å². The first-order chi connectivity index (χ1) is 10.3. The van der Waals surface area contributed by atoms with Gasteiger partial charge in [0.1, 0.15) is 0 Å². The molecule has 0 radical (unpaired) electrons. The van der Waals surface area contributed by atoms with Crippen molar-refractivity contribution in [2.45, 2.75) is 17.2 Å². The van der Waals surface area contributed by atoms with Gasteiger partial charge in [0.15, 0.2) is 0 Å². The molecule has 2 nitrogen and oxygen atoms in total. The third kappa shape index (κ3) is 1.74. The lowest BCUT2D eigenvalue weighted by molar-refractivity contribution is 0.682. The Bertz CT molecular complexity index is 858. The van der Waals surface area contributed by atoms with Gasteiger partial charge in [-0.05, 0) is 17.7 Å². The Kier molecular flexibility index (Phi) is 2.82. The Morgan fingerprint density at radius 3 is 2.76 bits per heavy atom. The summed E-state index contributed by atoms with van der Waals surface area (Å²) >= 11 is 0. The largest absolute Gasteiger partial charge is 0.336 e. The van der Waals surface area contributed by atoms with Crippen molar-refractivity contribution in [3.8, 4) is 11.3 Å². The highest BCUT2D eigenvalue weighted by Crippen LogP contribution is 2.41. The minimum atomic E-state index is -0.962. The quantitative estimate of drug-likeness (QED) is 0.652. The number of hydrogen-bond acceptors (Lipinski definition) is 1. The van der Waals surface area contributed by atoms with Crippen molar-refractivity contribution in [2.75, 3.05) is 0 Å². The lowest BCUT2D eigenvalue weighted by atomic mass is 10.1. The molecule has 0 saturated carbocycles. The number of benzene rings is 2. The maximum absolute atomic E-state index is 12.5. The Morgan fingerprint density at radius 1 is 1.14 bits per heavy atom. The smallest absolute Gasteiger partial charge is 0.0582 e. The van der Waals surface area contributed by atoms with Gasteiger partial charge in [0, 0.05) is 27.9 Å². The molecule has 0 spiro atoms. The van der Waals surface area contributed by atoms with Crippen molar-refractivity contribution in [2.24, 2.45) is 0 Å². The summed E-state index contributed by atoms with van der Waals surface area (Å²) in [4.78, 5) is 0.943. The van der Waals surface area contributed by atoms with E-state index in [4.69, 9.17) is 0 Å². The molecule has 0 aliphatic carbocycles. The summed E-state index contributed by atoms with van der Waals surface area (Å²) in [5.41, 5.74) is 4.68. The van der Waals surface area contributed by atoms with Gasteiger partial charge in [-0.25, -0.2) is 0 Å². The zero-order valence-corrected chi connectivity index (χ0v) is 12.4. The van der Waals surface area contributed by atoms with Crippen LogP contribution in [-0.2, 0) is 23.1 Å². The van der Waals surface area contributed by atoms with E-state index in [0.29, 0.717) is 5.75 Å². The summed E-state index contributed by atoms with van der Waals surface area (Å²) in [6.45, 7) is 4.64. The van der Waals surface area contributed by atoms with Gasteiger partial charge in [-0.15, -0.1) is 6.58 Å². The number of aromatic nitrogens is 1. The van der Waals surface area contributed by atoms with Gasteiger partial charge in [0.25, 0.3) is 0 Å². The van der Waals surface area contributed by atoms with Gasteiger partial charge in [0.05, 0.1) is 22.2 Å². The Balaban J connectivity index is 2.16. The van der Waals surface area contributed by atoms with E-state index in [9.17, 15) is 4.21 Å². The lowest BCUT2D eigenvalue weighted by Gasteiger charge is -2.18. The first-order valence-corrected chi connectivity index (χ1v) is 8.32. The van der Waals surface area contributed by atoms with E-state index < -0.39 is 10.8 Å². The molecular weight excluding hydrogens is 278 g/mol. The summed E-state index contributed by atoms with van der Waals surface area (Å²) < 4.78 is 14.8. The zero-order chi connectivity index (χ0) is 14.4. The molecule has 104 valence electrons. The molecule has 0 saturated heterocycles. The van der Waals surface area contributed by atoms with Gasteiger partial charge >= 0.3 is 0 Å². The molecule has 1 atom stereocenters. The van der Waals surface area contributed by atoms with Crippen LogP contribution in [0, 0.1) is 0 Å². The molecule has 21 heavy (non-hydrogen) atoms. The number of rotatable bonds is 2. The van der Waals surface area contributed by atoms with E-state index in [0.717, 1.165) is 17.0 Å². The van der Waals surface area contributed by atoms with E-state index >= 15 is 0 Å². The number of para-hydroxylation sites is 1. The molecular formula is C18H15NOS. The van der Waals surface area contributed by atoms with Crippen LogP contribution in [0.1, 0.15) is 5.56 Å². The van der Waals surface area contributed by atoms with Gasteiger partial charge in [-0.3, -0.25) is 4.21 Å². The maximum Gasteiger partial charge on any atom is 0.0582 e. The number of allylic oxidation sites excluding steroid dienone is 1. The van der Waals surface area contributed by atoms with Gasteiger partial charge < -0.3 is 4.57 Å². The van der Waals surface area contributed by atoms with Crippen molar-refractivity contribution in [3.05, 3.63) is 66.7 Å². The fraction of sp³-hybridized carbons (Fsp3) is 0.111. The van der Waals surface area contributed by atoms with Gasteiger partial charge in [-0.2, -0.15) is 0 Å². The van der Waals surface area contributed by atoms with E-state index in [1.165, 1.54) is 22.2 Å². The molecule has 1 unspecified atom stereocenters. The molecule has 1 aromatic heterocycles. The SMILES string of the molecule is C=CCn1c2c(c3ccccc31)CS(=O)c1ccccc1-2. The second-order valence-corrected chi connectivity index (χ2v) is 6.65. The van der Waals surface area contributed by atoms with Crippen molar-refractivity contribution in [3.63, 3.8) is 0 Å². The van der Waals surface area contributed by atoms with E-state index in [2.05, 4.69) is 35.4 Å². The molecule has 0 N–H and O–H groups in total. The highest BCUT2D eigenvalue weighted by molar-refractivity contribution is 7.84. The Morgan fingerprint density at radius 2 is 1.90 bits per heavy atom. The van der Waals surface area contributed by atoms with Gasteiger partial charge in [-0.1, -0.05) is 42.5 Å². The average molecular weight is 293 g/mol. The summed E-state index contributed by atoms with van der Waals surface area (Å²) in [5.74, 6) is 0.594. The highest BCUT2D eigenvalue weighted by Gasteiger charge is 2.27. The van der Waals surface area contributed by atoms with Crippen molar-refractivity contribution in [1.82, 2.24) is 4.57 Å². The normalized spacial score (nSPS) is 16.5. The second-order valence-electron chi connectivity index (χ2n) is 5.23. The maximum atomic E-state index is 12.5. The standard InChI is InChI=1S/C18H15NOS/c1-2-11-19-16-9-5-3-7-13(16)15-12-21(20)17-10-6-4-8-14(17)18(15)19/h2-10H,1,11-12H2. The minimum absolute atomic E-state index is 0.594. The van der Waals surface area contributed by atoms with Crippen LogP contribution < -0.4 is 0 Å². The number of nitrogens with zero attached hydrogens (tertiary/aromatic N) is 1.